The summed E-state index contributed by atoms with van der Waals surface area (Å²) in [5, 5.41) is 13.0. The van der Waals surface area contributed by atoms with Gasteiger partial charge in [-0.1, -0.05) is 18.2 Å². The van der Waals surface area contributed by atoms with Crippen LogP contribution in [-0.2, 0) is 13.0 Å². The van der Waals surface area contributed by atoms with Crippen molar-refractivity contribution in [2.75, 3.05) is 63.2 Å². The molecule has 2 aliphatic heterocycles. The van der Waals surface area contributed by atoms with Gasteiger partial charge < -0.3 is 24.3 Å². The van der Waals surface area contributed by atoms with Crippen molar-refractivity contribution in [3.63, 3.8) is 0 Å². The third-order valence-corrected chi connectivity index (χ3v) is 9.39. The molecule has 210 valence electrons. The summed E-state index contributed by atoms with van der Waals surface area (Å²) >= 11 is 1.80. The second kappa shape index (κ2) is 11.3. The van der Waals surface area contributed by atoms with E-state index < -0.39 is 0 Å². The van der Waals surface area contributed by atoms with E-state index in [1.165, 1.54) is 34.2 Å². The first kappa shape index (κ1) is 26.9. The summed E-state index contributed by atoms with van der Waals surface area (Å²) in [6, 6.07) is 11.8. The summed E-state index contributed by atoms with van der Waals surface area (Å²) in [6.45, 7) is 7.85. The van der Waals surface area contributed by atoms with Gasteiger partial charge in [0.25, 0.3) is 0 Å². The summed E-state index contributed by atoms with van der Waals surface area (Å²) < 4.78 is 7.73. The number of hydrogen-bond acceptors (Lipinski definition) is 9. The Morgan fingerprint density at radius 2 is 2.05 bits per heavy atom. The van der Waals surface area contributed by atoms with Crippen molar-refractivity contribution < 1.29 is 4.74 Å². The van der Waals surface area contributed by atoms with E-state index in [9.17, 15) is 5.26 Å². The van der Waals surface area contributed by atoms with E-state index in [-0.39, 0.29) is 11.5 Å². The number of rotatable bonds is 9. The molecular formula is C31H39N7OS. The summed E-state index contributed by atoms with van der Waals surface area (Å²) in [5.74, 6) is 0.995. The van der Waals surface area contributed by atoms with Crippen LogP contribution in [0.5, 0.6) is 6.01 Å². The van der Waals surface area contributed by atoms with Crippen molar-refractivity contribution in [3.8, 4) is 12.1 Å². The lowest BCUT2D eigenvalue weighted by atomic mass is 10.0. The molecule has 1 unspecified atom stereocenters. The second-order valence-electron chi connectivity index (χ2n) is 11.8. The number of aromatic nitrogens is 2. The Labute approximate surface area is 241 Å². The summed E-state index contributed by atoms with van der Waals surface area (Å²) in [6.07, 6.45) is 7.92. The average Bonchev–Trinajstić information content (AvgIpc) is 3.53. The zero-order valence-corrected chi connectivity index (χ0v) is 24.7. The van der Waals surface area contributed by atoms with Crippen LogP contribution < -0.4 is 14.5 Å². The van der Waals surface area contributed by atoms with E-state index in [0.29, 0.717) is 19.0 Å². The number of thiophene rings is 1. The van der Waals surface area contributed by atoms with E-state index in [0.717, 1.165) is 57.2 Å². The molecule has 2 fully saturated rings. The Hall–Kier alpha value is -3.35. The van der Waals surface area contributed by atoms with Crippen LogP contribution in [0.4, 0.5) is 11.5 Å². The maximum atomic E-state index is 9.54. The molecule has 0 bridgehead atoms. The third-order valence-electron chi connectivity index (χ3n) is 8.43. The highest BCUT2D eigenvalue weighted by molar-refractivity contribution is 7.17. The topological polar surface area (TPSA) is 71.8 Å². The van der Waals surface area contributed by atoms with Crippen LogP contribution in [0.2, 0.25) is 0 Å². The standard InChI is InChI=1S/C31H39N7OS/c1-4-14-36-16-17-38(19-24(36)8-13-32)29-25-9-15-37(27-7-5-6-23-10-18-40-28(23)27)20-26(25)33-30(34-29)39-22-31(11-12-31)21-35(2)3/h4-7,10,14,18,24H,8-9,11-12,15-17,19-22H2,1-3H3. The van der Waals surface area contributed by atoms with E-state index in [2.05, 4.69) is 81.7 Å². The minimum atomic E-state index is 0.135. The van der Waals surface area contributed by atoms with E-state index in [1.54, 1.807) is 11.3 Å². The van der Waals surface area contributed by atoms with E-state index in [4.69, 9.17) is 14.7 Å². The van der Waals surface area contributed by atoms with Crippen molar-refractivity contribution in [3.05, 3.63) is 53.2 Å². The summed E-state index contributed by atoms with van der Waals surface area (Å²) in [7, 11) is 4.25. The third kappa shape index (κ3) is 5.48. The van der Waals surface area contributed by atoms with Crippen LogP contribution in [0, 0.1) is 16.7 Å². The molecule has 6 rings (SSSR count). The molecule has 2 aromatic heterocycles. The number of nitrogens with zero attached hydrogens (tertiary/aromatic N) is 7. The van der Waals surface area contributed by atoms with Gasteiger partial charge in [0.05, 0.1) is 47.8 Å². The van der Waals surface area contributed by atoms with Crippen LogP contribution >= 0.6 is 11.3 Å². The first-order valence-corrected chi connectivity index (χ1v) is 15.3. The molecule has 0 spiro atoms. The monoisotopic (exact) mass is 557 g/mol. The number of piperazine rings is 1. The Balaban J connectivity index is 1.31. The smallest absolute Gasteiger partial charge is 0.318 e. The van der Waals surface area contributed by atoms with Gasteiger partial charge in [-0.05, 0) is 69.4 Å². The molecule has 0 N–H and O–H groups in total. The first-order chi connectivity index (χ1) is 19.5. The van der Waals surface area contributed by atoms with Crippen LogP contribution in [0.1, 0.15) is 37.4 Å². The van der Waals surface area contributed by atoms with Crippen molar-refractivity contribution in [1.29, 1.82) is 5.26 Å². The number of ether oxygens (including phenoxy) is 1. The van der Waals surface area contributed by atoms with Gasteiger partial charge in [0.15, 0.2) is 0 Å². The van der Waals surface area contributed by atoms with Gasteiger partial charge in [0.2, 0.25) is 0 Å². The summed E-state index contributed by atoms with van der Waals surface area (Å²) in [5.41, 5.74) is 3.77. The highest BCUT2D eigenvalue weighted by Crippen LogP contribution is 2.46. The van der Waals surface area contributed by atoms with Gasteiger partial charge in [-0.25, -0.2) is 0 Å². The van der Waals surface area contributed by atoms with E-state index >= 15 is 0 Å². The zero-order valence-electron chi connectivity index (χ0n) is 23.8. The lowest BCUT2D eigenvalue weighted by molar-refractivity contribution is 0.182. The van der Waals surface area contributed by atoms with Gasteiger partial charge in [-0.2, -0.15) is 15.2 Å². The second-order valence-corrected chi connectivity index (χ2v) is 12.7. The maximum absolute atomic E-state index is 9.54. The van der Waals surface area contributed by atoms with Gasteiger partial charge in [0, 0.05) is 43.7 Å². The SMILES string of the molecule is CC=CN1CCN(c2nc(OCC3(CN(C)C)CC3)nc3c2CCN(c2cccc4ccsc24)C3)CC1CC#N. The first-order valence-electron chi connectivity index (χ1n) is 14.4. The van der Waals surface area contributed by atoms with Gasteiger partial charge in [-0.15, -0.1) is 11.3 Å². The maximum Gasteiger partial charge on any atom is 0.318 e. The molecule has 0 amide bonds. The minimum absolute atomic E-state index is 0.135. The molecule has 40 heavy (non-hydrogen) atoms. The highest BCUT2D eigenvalue weighted by Gasteiger charge is 2.44. The molecule has 1 aliphatic carbocycles. The Kier molecular flexibility index (Phi) is 7.56. The van der Waals surface area contributed by atoms with Crippen LogP contribution in [-0.4, -0.2) is 79.2 Å². The quantitative estimate of drug-likeness (QED) is 0.368. The molecule has 3 aliphatic rings. The average molecular weight is 558 g/mol. The molecule has 3 aromatic rings. The normalized spacial score (nSPS) is 20.3. The molecule has 1 aromatic carbocycles. The van der Waals surface area contributed by atoms with Crippen molar-refractivity contribution in [1.82, 2.24) is 19.8 Å². The number of fused-ring (bicyclic) bond motifs is 2. The molecule has 0 radical (unpaired) electrons. The van der Waals surface area contributed by atoms with Crippen molar-refractivity contribution in [2.45, 2.75) is 45.2 Å². The Morgan fingerprint density at radius 3 is 2.83 bits per heavy atom. The fourth-order valence-electron chi connectivity index (χ4n) is 6.30. The molecule has 1 saturated heterocycles. The molecule has 8 nitrogen and oxygen atoms in total. The fourth-order valence-corrected chi connectivity index (χ4v) is 7.24. The number of anilines is 2. The minimum Gasteiger partial charge on any atom is -0.463 e. The van der Waals surface area contributed by atoms with Crippen LogP contribution in [0.15, 0.2) is 41.9 Å². The van der Waals surface area contributed by atoms with Gasteiger partial charge in [0.1, 0.15) is 5.82 Å². The molecule has 1 saturated carbocycles. The van der Waals surface area contributed by atoms with Crippen LogP contribution in [0.3, 0.4) is 0 Å². The Bertz CT molecular complexity index is 1420. The number of nitriles is 1. The van der Waals surface area contributed by atoms with Gasteiger partial charge in [-0.3, -0.25) is 0 Å². The summed E-state index contributed by atoms with van der Waals surface area (Å²) in [4.78, 5) is 19.5. The molecule has 4 heterocycles. The van der Waals surface area contributed by atoms with Crippen molar-refractivity contribution >= 4 is 32.9 Å². The zero-order chi connectivity index (χ0) is 27.7. The number of benzene rings is 1. The van der Waals surface area contributed by atoms with Gasteiger partial charge >= 0.3 is 6.01 Å². The largest absolute Gasteiger partial charge is 0.463 e. The molecular weight excluding hydrogens is 518 g/mol. The lowest BCUT2D eigenvalue weighted by Gasteiger charge is -2.42. The molecule has 9 heteroatoms. The molecule has 1 atom stereocenters. The predicted molar refractivity (Wildman–Crippen MR) is 162 cm³/mol. The number of allylic oxidation sites excluding steroid dienone is 1. The predicted octanol–water partition coefficient (Wildman–Crippen LogP) is 4.91. The number of hydrogen-bond donors (Lipinski definition) is 0. The van der Waals surface area contributed by atoms with Crippen molar-refractivity contribution in [2.24, 2.45) is 5.41 Å². The fraction of sp³-hybridized carbons (Fsp3) is 0.516. The van der Waals surface area contributed by atoms with Crippen LogP contribution in [0.25, 0.3) is 10.1 Å². The lowest BCUT2D eigenvalue weighted by Crippen LogP contribution is -2.51. The highest BCUT2D eigenvalue weighted by atomic mass is 32.1. The van der Waals surface area contributed by atoms with E-state index in [1.807, 2.05) is 6.92 Å². The Morgan fingerprint density at radius 1 is 1.18 bits per heavy atom.